The maximum Gasteiger partial charge on any atom is 0.175 e. The van der Waals surface area contributed by atoms with Gasteiger partial charge in [0.25, 0.3) is 0 Å². The molecule has 1 heterocycles. The monoisotopic (exact) mass is 460 g/mol. The Morgan fingerprint density at radius 2 is 1.62 bits per heavy atom. The van der Waals surface area contributed by atoms with Crippen LogP contribution in [0, 0.1) is 0 Å². The van der Waals surface area contributed by atoms with Crippen LogP contribution in [0.5, 0.6) is 0 Å². The molecule has 0 atom stereocenters. The van der Waals surface area contributed by atoms with Gasteiger partial charge in [-0.25, -0.2) is 0 Å². The smallest absolute Gasteiger partial charge is 0.175 e. The van der Waals surface area contributed by atoms with Crippen molar-refractivity contribution in [1.82, 2.24) is 10.2 Å². The predicted molar refractivity (Wildman–Crippen MR) is 112 cm³/mol. The number of thioether (sulfide) groups is 2. The SMILES string of the molecule is O=C(CSc1nnc(SCc2ccc(Cl)cc2)s1)c1ccc(Cl)c(Cl)c1. The molecule has 3 nitrogen and oxygen atoms in total. The summed E-state index contributed by atoms with van der Waals surface area (Å²) in [5, 5.41) is 9.82. The molecule has 0 saturated carbocycles. The fourth-order valence-corrected chi connectivity index (χ4v) is 5.21. The van der Waals surface area contributed by atoms with Crippen molar-refractivity contribution in [2.45, 2.75) is 14.4 Å². The van der Waals surface area contributed by atoms with Crippen LogP contribution < -0.4 is 0 Å². The zero-order valence-corrected chi connectivity index (χ0v) is 17.8. The second kappa shape index (κ2) is 9.44. The molecule has 0 aliphatic heterocycles. The summed E-state index contributed by atoms with van der Waals surface area (Å²) in [5.74, 6) is 1.03. The van der Waals surface area contributed by atoms with E-state index in [2.05, 4.69) is 10.2 Å². The molecular weight excluding hydrogens is 451 g/mol. The van der Waals surface area contributed by atoms with Gasteiger partial charge >= 0.3 is 0 Å². The summed E-state index contributed by atoms with van der Waals surface area (Å²) in [7, 11) is 0. The van der Waals surface area contributed by atoms with Gasteiger partial charge in [0.2, 0.25) is 0 Å². The van der Waals surface area contributed by atoms with E-state index < -0.39 is 0 Å². The van der Waals surface area contributed by atoms with Crippen molar-refractivity contribution in [3.05, 3.63) is 68.7 Å². The number of hydrogen-bond acceptors (Lipinski definition) is 6. The third-order valence-electron chi connectivity index (χ3n) is 3.23. The van der Waals surface area contributed by atoms with Crippen LogP contribution in [0.3, 0.4) is 0 Å². The highest BCUT2D eigenvalue weighted by atomic mass is 35.5. The quantitative estimate of drug-likeness (QED) is 0.287. The van der Waals surface area contributed by atoms with Crippen molar-refractivity contribution in [1.29, 1.82) is 0 Å². The number of nitrogens with zero attached hydrogens (tertiary/aromatic N) is 2. The fraction of sp³-hybridized carbons (Fsp3) is 0.118. The first kappa shape index (κ1) is 20.0. The second-order valence-electron chi connectivity index (χ2n) is 5.09. The van der Waals surface area contributed by atoms with Crippen LogP contribution in [0.4, 0.5) is 0 Å². The first-order valence-corrected chi connectivity index (χ1v) is 11.3. The van der Waals surface area contributed by atoms with Crippen LogP contribution in [0.25, 0.3) is 0 Å². The number of rotatable bonds is 7. The number of ketones is 1. The Morgan fingerprint density at radius 1 is 0.923 bits per heavy atom. The number of halogens is 3. The standard InChI is InChI=1S/C17H11Cl3N2OS3/c18-12-4-1-10(2-5-12)8-24-16-21-22-17(26-16)25-9-15(23)11-3-6-13(19)14(20)7-11/h1-7H,8-9H2. The van der Waals surface area contributed by atoms with Gasteiger partial charge in [0.15, 0.2) is 14.5 Å². The molecule has 3 rings (SSSR count). The Balaban J connectivity index is 1.52. The Hall–Kier alpha value is -0.760. The highest BCUT2D eigenvalue weighted by Crippen LogP contribution is 2.31. The summed E-state index contributed by atoms with van der Waals surface area (Å²) >= 11 is 22.2. The van der Waals surface area contributed by atoms with Crippen molar-refractivity contribution in [2.24, 2.45) is 0 Å². The van der Waals surface area contributed by atoms with Crippen molar-refractivity contribution < 1.29 is 4.79 Å². The van der Waals surface area contributed by atoms with Crippen molar-refractivity contribution in [3.63, 3.8) is 0 Å². The van der Waals surface area contributed by atoms with Gasteiger partial charge in [0, 0.05) is 16.3 Å². The summed E-state index contributed by atoms with van der Waals surface area (Å²) in [5.41, 5.74) is 1.70. The Labute approximate surface area is 178 Å². The van der Waals surface area contributed by atoms with E-state index >= 15 is 0 Å². The molecule has 0 bridgehead atoms. The summed E-state index contributed by atoms with van der Waals surface area (Å²) < 4.78 is 1.63. The van der Waals surface area contributed by atoms with Crippen LogP contribution >= 0.6 is 69.7 Å². The third kappa shape index (κ3) is 5.62. The average Bonchev–Trinajstić information content (AvgIpc) is 3.09. The summed E-state index contributed by atoms with van der Waals surface area (Å²) in [6.45, 7) is 0. The minimum Gasteiger partial charge on any atom is -0.293 e. The van der Waals surface area contributed by atoms with E-state index in [4.69, 9.17) is 34.8 Å². The van der Waals surface area contributed by atoms with Crippen molar-refractivity contribution in [3.8, 4) is 0 Å². The first-order chi connectivity index (χ1) is 12.5. The molecule has 134 valence electrons. The van der Waals surface area contributed by atoms with Crippen molar-refractivity contribution in [2.75, 3.05) is 5.75 Å². The zero-order valence-electron chi connectivity index (χ0n) is 13.1. The molecule has 0 fully saturated rings. The maximum atomic E-state index is 12.2. The molecule has 2 aromatic carbocycles. The van der Waals surface area contributed by atoms with Gasteiger partial charge in [-0.2, -0.15) is 0 Å². The lowest BCUT2D eigenvalue weighted by atomic mass is 10.1. The van der Waals surface area contributed by atoms with Crippen LogP contribution in [0.2, 0.25) is 15.1 Å². The first-order valence-electron chi connectivity index (χ1n) is 7.33. The predicted octanol–water partition coefficient (Wildman–Crippen LogP) is 6.77. The minimum atomic E-state index is -0.0286. The molecule has 0 N–H and O–H groups in total. The van der Waals surface area contributed by atoms with E-state index in [0.717, 1.165) is 19.5 Å². The number of aromatic nitrogens is 2. The number of carbonyl (C=O) groups is 1. The Bertz CT molecular complexity index is 916. The summed E-state index contributed by atoms with van der Waals surface area (Å²) in [6, 6.07) is 12.6. The number of carbonyl (C=O) groups excluding carboxylic acids is 1. The van der Waals surface area contributed by atoms with Gasteiger partial charge < -0.3 is 0 Å². The molecule has 0 aliphatic carbocycles. The van der Waals surface area contributed by atoms with Crippen LogP contribution in [0.15, 0.2) is 51.1 Å². The van der Waals surface area contributed by atoms with E-state index in [1.807, 2.05) is 24.3 Å². The lowest BCUT2D eigenvalue weighted by Gasteiger charge is -2.01. The lowest BCUT2D eigenvalue weighted by Crippen LogP contribution is -2.02. The summed E-state index contributed by atoms with van der Waals surface area (Å²) in [4.78, 5) is 12.2. The number of hydrogen-bond donors (Lipinski definition) is 0. The van der Waals surface area contributed by atoms with E-state index in [9.17, 15) is 4.79 Å². The normalized spacial score (nSPS) is 10.9. The number of Topliss-reactive ketones (excluding diaryl/α,β-unsaturated/α-hetero) is 1. The highest BCUT2D eigenvalue weighted by Gasteiger charge is 2.12. The van der Waals surface area contributed by atoms with Gasteiger partial charge in [0.05, 0.1) is 15.8 Å². The van der Waals surface area contributed by atoms with E-state index in [1.165, 1.54) is 28.7 Å². The molecule has 0 aliphatic rings. The van der Waals surface area contributed by atoms with Gasteiger partial charge in [-0.15, -0.1) is 10.2 Å². The molecule has 9 heteroatoms. The Morgan fingerprint density at radius 3 is 2.31 bits per heavy atom. The molecule has 0 saturated heterocycles. The topological polar surface area (TPSA) is 42.9 Å². The molecular formula is C17H11Cl3N2OS3. The summed E-state index contributed by atoms with van der Waals surface area (Å²) in [6.07, 6.45) is 0. The minimum absolute atomic E-state index is 0.0286. The van der Waals surface area contributed by atoms with E-state index in [0.29, 0.717) is 15.6 Å². The Kier molecular flexibility index (Phi) is 7.26. The molecule has 0 spiro atoms. The van der Waals surface area contributed by atoms with E-state index in [1.54, 1.807) is 30.0 Å². The average molecular weight is 462 g/mol. The zero-order chi connectivity index (χ0) is 18.5. The van der Waals surface area contributed by atoms with Gasteiger partial charge in [-0.1, -0.05) is 81.8 Å². The van der Waals surface area contributed by atoms with Crippen LogP contribution in [0.1, 0.15) is 15.9 Å². The van der Waals surface area contributed by atoms with Crippen molar-refractivity contribution >= 4 is 75.4 Å². The molecule has 0 radical (unpaired) electrons. The van der Waals surface area contributed by atoms with Crippen LogP contribution in [-0.2, 0) is 5.75 Å². The molecule has 26 heavy (non-hydrogen) atoms. The van der Waals surface area contributed by atoms with Gasteiger partial charge in [0.1, 0.15) is 0 Å². The van der Waals surface area contributed by atoms with Crippen LogP contribution in [-0.4, -0.2) is 21.7 Å². The van der Waals surface area contributed by atoms with E-state index in [-0.39, 0.29) is 11.5 Å². The second-order valence-corrected chi connectivity index (χ2v) is 9.76. The van der Waals surface area contributed by atoms with Gasteiger partial charge in [-0.3, -0.25) is 4.79 Å². The number of benzene rings is 2. The highest BCUT2D eigenvalue weighted by molar-refractivity contribution is 8.03. The maximum absolute atomic E-state index is 12.2. The molecule has 3 aromatic rings. The fourth-order valence-electron chi connectivity index (χ4n) is 1.92. The third-order valence-corrected chi connectivity index (χ3v) is 7.48. The largest absolute Gasteiger partial charge is 0.293 e. The molecule has 0 amide bonds. The molecule has 0 unspecified atom stereocenters. The van der Waals surface area contributed by atoms with Gasteiger partial charge in [-0.05, 0) is 35.9 Å². The lowest BCUT2D eigenvalue weighted by molar-refractivity contribution is 0.102. The molecule has 1 aromatic heterocycles.